The fourth-order valence-corrected chi connectivity index (χ4v) is 8.95. The van der Waals surface area contributed by atoms with E-state index in [9.17, 15) is 0 Å². The Morgan fingerprint density at radius 1 is 0.833 bits per heavy atom. The number of ether oxygens (including phenoxy) is 1. The molecule has 126 valence electrons. The van der Waals surface area contributed by atoms with Crippen LogP contribution in [0.3, 0.4) is 0 Å². The molecule has 0 N–H and O–H groups in total. The fraction of sp³-hybridized carbons (Fsp3) is 0.429. The Morgan fingerprint density at radius 2 is 1.29 bits per heavy atom. The molecule has 2 aliphatic rings. The van der Waals surface area contributed by atoms with Gasteiger partial charge in [-0.25, -0.2) is 0 Å². The molecule has 24 heavy (non-hydrogen) atoms. The van der Waals surface area contributed by atoms with Crippen molar-refractivity contribution in [1.82, 2.24) is 0 Å². The minimum absolute atomic E-state index is 0.0589. The molecule has 0 aromatic heterocycles. The van der Waals surface area contributed by atoms with E-state index < -0.39 is 8.32 Å². The highest BCUT2D eigenvalue weighted by Gasteiger charge is 2.55. The predicted molar refractivity (Wildman–Crippen MR) is 100 cm³/mol. The summed E-state index contributed by atoms with van der Waals surface area (Å²) < 4.78 is 12.7. The molecular weight excluding hydrogens is 312 g/mol. The first-order valence-corrected chi connectivity index (χ1v) is 10.9. The molecule has 3 atom stereocenters. The first-order valence-electron chi connectivity index (χ1n) is 8.95. The van der Waals surface area contributed by atoms with Crippen LogP contribution in [-0.2, 0) is 9.16 Å². The van der Waals surface area contributed by atoms with E-state index in [4.69, 9.17) is 9.16 Å². The van der Waals surface area contributed by atoms with Crippen molar-refractivity contribution in [2.24, 2.45) is 0 Å². The average molecular weight is 339 g/mol. The molecule has 1 aliphatic carbocycles. The number of rotatable bonds is 4. The van der Waals surface area contributed by atoms with E-state index in [0.29, 0.717) is 18.3 Å². The fourth-order valence-electron chi connectivity index (χ4n) is 4.25. The second kappa shape index (κ2) is 5.83. The van der Waals surface area contributed by atoms with Crippen LogP contribution in [0.15, 0.2) is 60.7 Å². The molecule has 2 fully saturated rings. The van der Waals surface area contributed by atoms with Crippen LogP contribution in [0, 0.1) is 0 Å². The highest BCUT2D eigenvalue weighted by Crippen LogP contribution is 2.44. The van der Waals surface area contributed by atoms with E-state index in [1.165, 1.54) is 10.4 Å². The minimum atomic E-state index is -2.38. The Morgan fingerprint density at radius 3 is 1.71 bits per heavy atom. The van der Waals surface area contributed by atoms with Crippen LogP contribution in [0.4, 0.5) is 0 Å². The van der Waals surface area contributed by atoms with Gasteiger partial charge in [0.25, 0.3) is 8.32 Å². The quantitative estimate of drug-likeness (QED) is 0.629. The summed E-state index contributed by atoms with van der Waals surface area (Å²) in [5.74, 6) is 0. The summed E-state index contributed by atoms with van der Waals surface area (Å²) in [5.41, 5.74) is 0. The van der Waals surface area contributed by atoms with Gasteiger partial charge in [0.05, 0.1) is 18.3 Å². The number of hydrogen-bond donors (Lipinski definition) is 0. The zero-order valence-corrected chi connectivity index (χ0v) is 15.7. The van der Waals surface area contributed by atoms with Crippen LogP contribution in [0.1, 0.15) is 33.6 Å². The van der Waals surface area contributed by atoms with Gasteiger partial charge in [-0.15, -0.1) is 0 Å². The van der Waals surface area contributed by atoms with E-state index in [-0.39, 0.29) is 5.04 Å². The maximum absolute atomic E-state index is 7.10. The number of hydrogen-bond acceptors (Lipinski definition) is 2. The third-order valence-electron chi connectivity index (χ3n) is 5.44. The van der Waals surface area contributed by atoms with Gasteiger partial charge < -0.3 is 9.16 Å². The van der Waals surface area contributed by atoms with Gasteiger partial charge in [0.15, 0.2) is 0 Å². The normalized spacial score (nSPS) is 26.2. The molecule has 4 rings (SSSR count). The predicted octanol–water partition coefficient (Wildman–Crippen LogP) is 3.49. The highest BCUT2D eigenvalue weighted by atomic mass is 28.4. The van der Waals surface area contributed by atoms with Gasteiger partial charge in [-0.1, -0.05) is 81.4 Å². The largest absolute Gasteiger partial charge is 0.404 e. The van der Waals surface area contributed by atoms with Crippen molar-refractivity contribution in [2.75, 3.05) is 0 Å². The van der Waals surface area contributed by atoms with Crippen molar-refractivity contribution in [3.8, 4) is 0 Å². The lowest BCUT2D eigenvalue weighted by Gasteiger charge is -2.44. The van der Waals surface area contributed by atoms with Crippen molar-refractivity contribution in [2.45, 2.75) is 57.0 Å². The van der Waals surface area contributed by atoms with Crippen molar-refractivity contribution >= 4 is 18.7 Å². The molecule has 2 nitrogen and oxygen atoms in total. The molecule has 1 unspecified atom stereocenters. The van der Waals surface area contributed by atoms with E-state index in [1.54, 1.807) is 0 Å². The smallest absolute Gasteiger partial charge is 0.261 e. The monoisotopic (exact) mass is 338 g/mol. The third kappa shape index (κ3) is 2.65. The summed E-state index contributed by atoms with van der Waals surface area (Å²) in [5, 5.41) is 2.79. The summed E-state index contributed by atoms with van der Waals surface area (Å²) in [6, 6.07) is 21.8. The van der Waals surface area contributed by atoms with Gasteiger partial charge in [-0.3, -0.25) is 0 Å². The molecule has 1 heterocycles. The Bertz CT molecular complexity index is 643. The summed E-state index contributed by atoms with van der Waals surface area (Å²) in [6.45, 7) is 7.02. The molecule has 0 amide bonds. The summed E-state index contributed by atoms with van der Waals surface area (Å²) in [7, 11) is -2.38. The Balaban J connectivity index is 1.82. The van der Waals surface area contributed by atoms with Crippen molar-refractivity contribution in [3.63, 3.8) is 0 Å². The maximum Gasteiger partial charge on any atom is 0.261 e. The summed E-state index contributed by atoms with van der Waals surface area (Å²) in [6.07, 6.45) is 3.33. The van der Waals surface area contributed by atoms with Crippen LogP contribution >= 0.6 is 0 Å². The van der Waals surface area contributed by atoms with Crippen LogP contribution in [-0.4, -0.2) is 26.6 Å². The first-order chi connectivity index (χ1) is 11.5. The zero-order valence-electron chi connectivity index (χ0n) is 14.7. The number of benzene rings is 2. The van der Waals surface area contributed by atoms with Gasteiger partial charge >= 0.3 is 0 Å². The highest BCUT2D eigenvalue weighted by molar-refractivity contribution is 6.99. The average Bonchev–Trinajstić information content (AvgIpc) is 3.19. The van der Waals surface area contributed by atoms with Gasteiger partial charge in [0, 0.05) is 12.8 Å². The molecule has 0 spiro atoms. The molecule has 2 aromatic carbocycles. The second-order valence-electron chi connectivity index (χ2n) is 8.09. The van der Waals surface area contributed by atoms with Crippen molar-refractivity contribution < 1.29 is 9.16 Å². The molecule has 0 bridgehead atoms. The first kappa shape index (κ1) is 16.1. The van der Waals surface area contributed by atoms with Gasteiger partial charge in [0.2, 0.25) is 0 Å². The van der Waals surface area contributed by atoms with E-state index in [1.807, 2.05) is 0 Å². The number of epoxide rings is 1. The molecule has 1 saturated carbocycles. The summed E-state index contributed by atoms with van der Waals surface area (Å²) >= 11 is 0. The molecule has 2 aromatic rings. The van der Waals surface area contributed by atoms with E-state index in [2.05, 4.69) is 81.4 Å². The zero-order chi connectivity index (χ0) is 16.8. The number of fused-ring (bicyclic) bond motifs is 1. The Hall–Kier alpha value is -1.42. The molecule has 0 radical (unpaired) electrons. The molecule has 3 heteroatoms. The van der Waals surface area contributed by atoms with Gasteiger partial charge in [-0.05, 0) is 15.4 Å². The molecular formula is C21H26O2Si. The van der Waals surface area contributed by atoms with Gasteiger partial charge in [0.1, 0.15) is 0 Å². The van der Waals surface area contributed by atoms with E-state index >= 15 is 0 Å². The minimum Gasteiger partial charge on any atom is -0.404 e. The third-order valence-corrected chi connectivity index (χ3v) is 10.5. The van der Waals surface area contributed by atoms with Crippen LogP contribution < -0.4 is 10.4 Å². The van der Waals surface area contributed by atoms with Crippen LogP contribution in [0.5, 0.6) is 0 Å². The Kier molecular flexibility index (Phi) is 3.90. The van der Waals surface area contributed by atoms with Crippen LogP contribution in [0.2, 0.25) is 5.04 Å². The molecule has 1 aliphatic heterocycles. The SMILES string of the molecule is CC(C)(C)[Si](OC1C[C@@H]2O[C@@H]2C1)(c1ccccc1)c1ccccc1. The second-order valence-corrected chi connectivity index (χ2v) is 12.3. The maximum atomic E-state index is 7.10. The van der Waals surface area contributed by atoms with E-state index in [0.717, 1.165) is 12.8 Å². The summed E-state index contributed by atoms with van der Waals surface area (Å²) in [4.78, 5) is 0. The standard InChI is InChI=1S/C21H26O2Si/c1-21(2,3)24(17-10-6-4-7-11-17,18-12-8-5-9-13-18)23-16-14-19-20(15-16)22-19/h4-13,16,19-20H,14-15H2,1-3H3/t16?,19-,20+. The van der Waals surface area contributed by atoms with Crippen molar-refractivity contribution in [3.05, 3.63) is 60.7 Å². The lowest BCUT2D eigenvalue weighted by atomic mass is 10.2. The lowest BCUT2D eigenvalue weighted by Crippen LogP contribution is -2.67. The molecule has 1 saturated heterocycles. The lowest BCUT2D eigenvalue weighted by molar-refractivity contribution is 0.140. The Labute approximate surface area is 145 Å². The van der Waals surface area contributed by atoms with Crippen LogP contribution in [0.25, 0.3) is 0 Å². The van der Waals surface area contributed by atoms with Gasteiger partial charge in [-0.2, -0.15) is 0 Å². The van der Waals surface area contributed by atoms with Crippen molar-refractivity contribution in [1.29, 1.82) is 0 Å². The topological polar surface area (TPSA) is 21.8 Å².